The number of methoxy groups -OCH3 is 1. The lowest BCUT2D eigenvalue weighted by molar-refractivity contribution is -0.118. The van der Waals surface area contributed by atoms with Crippen LogP contribution in [0.5, 0.6) is 11.5 Å². The molecule has 1 heterocycles. The average molecular weight is 449 g/mol. The number of rotatable bonds is 10. The number of nitrogens with zero attached hydrogens (tertiary/aromatic N) is 1. The highest BCUT2D eigenvalue weighted by atomic mass is 32.1. The molecule has 0 aliphatic carbocycles. The third kappa shape index (κ3) is 5.75. The maximum atomic E-state index is 12.9. The Morgan fingerprint density at radius 1 is 1.06 bits per heavy atom. The van der Waals surface area contributed by atoms with Crippen molar-refractivity contribution in [2.45, 2.75) is 27.7 Å². The number of para-hydroxylation sites is 2. The standard InChI is InChI=1S/C22H28N2O6S/c1-6-24(7-2)21(26)19-14(4)18(22(27)29-8-3)20(31-19)23-17(25)13-30-16-12-10-9-11-15(16)28-5/h9-12H,6-8,13H2,1-5H3,(H,23,25). The first-order valence-electron chi connectivity index (χ1n) is 10.0. The van der Waals surface area contributed by atoms with Gasteiger partial charge in [-0.1, -0.05) is 12.1 Å². The van der Waals surface area contributed by atoms with Gasteiger partial charge in [-0.15, -0.1) is 11.3 Å². The highest BCUT2D eigenvalue weighted by molar-refractivity contribution is 7.18. The molecular weight excluding hydrogens is 420 g/mol. The van der Waals surface area contributed by atoms with E-state index in [1.165, 1.54) is 7.11 Å². The minimum absolute atomic E-state index is 0.178. The van der Waals surface area contributed by atoms with E-state index in [4.69, 9.17) is 14.2 Å². The van der Waals surface area contributed by atoms with Crippen molar-refractivity contribution in [3.05, 3.63) is 40.3 Å². The fourth-order valence-electron chi connectivity index (χ4n) is 2.95. The summed E-state index contributed by atoms with van der Waals surface area (Å²) >= 11 is 1.06. The molecule has 1 aromatic carbocycles. The molecule has 0 atom stereocenters. The van der Waals surface area contributed by atoms with E-state index in [0.29, 0.717) is 35.0 Å². The van der Waals surface area contributed by atoms with E-state index >= 15 is 0 Å². The summed E-state index contributed by atoms with van der Waals surface area (Å²) in [7, 11) is 1.51. The van der Waals surface area contributed by atoms with E-state index in [1.54, 1.807) is 43.0 Å². The molecule has 0 aliphatic heterocycles. The number of hydrogen-bond acceptors (Lipinski definition) is 7. The third-order valence-electron chi connectivity index (χ3n) is 4.55. The quantitative estimate of drug-likeness (QED) is 0.557. The van der Waals surface area contributed by atoms with Crippen molar-refractivity contribution >= 4 is 34.1 Å². The van der Waals surface area contributed by atoms with Gasteiger partial charge in [0, 0.05) is 13.1 Å². The Bertz CT molecular complexity index is 936. The molecule has 2 rings (SSSR count). The van der Waals surface area contributed by atoms with Gasteiger partial charge in [0.25, 0.3) is 11.8 Å². The minimum Gasteiger partial charge on any atom is -0.493 e. The van der Waals surface area contributed by atoms with Crippen LogP contribution in [-0.2, 0) is 9.53 Å². The van der Waals surface area contributed by atoms with Crippen LogP contribution in [0.25, 0.3) is 0 Å². The first-order chi connectivity index (χ1) is 14.9. The number of esters is 1. The Labute approximate surface area is 186 Å². The molecule has 2 aromatic rings. The van der Waals surface area contributed by atoms with E-state index in [2.05, 4.69) is 5.32 Å². The number of anilines is 1. The highest BCUT2D eigenvalue weighted by Crippen LogP contribution is 2.35. The lowest BCUT2D eigenvalue weighted by Crippen LogP contribution is -2.30. The maximum Gasteiger partial charge on any atom is 0.341 e. The monoisotopic (exact) mass is 448 g/mol. The molecular formula is C22H28N2O6S. The molecule has 31 heavy (non-hydrogen) atoms. The van der Waals surface area contributed by atoms with Gasteiger partial charge in [0.15, 0.2) is 18.1 Å². The molecule has 1 N–H and O–H groups in total. The molecule has 0 unspecified atom stereocenters. The number of carbonyl (C=O) groups excluding carboxylic acids is 3. The summed E-state index contributed by atoms with van der Waals surface area (Å²) in [6, 6.07) is 6.97. The zero-order chi connectivity index (χ0) is 23.0. The van der Waals surface area contributed by atoms with Gasteiger partial charge in [0.1, 0.15) is 5.00 Å². The van der Waals surface area contributed by atoms with Gasteiger partial charge < -0.3 is 24.4 Å². The number of thiophene rings is 1. The molecule has 9 heteroatoms. The topological polar surface area (TPSA) is 94.2 Å². The van der Waals surface area contributed by atoms with Gasteiger partial charge >= 0.3 is 5.97 Å². The van der Waals surface area contributed by atoms with Gasteiger partial charge in [-0.05, 0) is 45.4 Å². The summed E-state index contributed by atoms with van der Waals surface area (Å²) in [4.78, 5) is 40.0. The van der Waals surface area contributed by atoms with Crippen LogP contribution in [0.3, 0.4) is 0 Å². The largest absolute Gasteiger partial charge is 0.493 e. The Balaban J connectivity index is 2.27. The second kappa shape index (κ2) is 11.4. The molecule has 2 amide bonds. The summed E-state index contributed by atoms with van der Waals surface area (Å²) < 4.78 is 15.9. The van der Waals surface area contributed by atoms with E-state index in [0.717, 1.165) is 11.3 Å². The smallest absolute Gasteiger partial charge is 0.341 e. The van der Waals surface area contributed by atoms with E-state index in [9.17, 15) is 14.4 Å². The van der Waals surface area contributed by atoms with Crippen LogP contribution in [0.4, 0.5) is 5.00 Å². The van der Waals surface area contributed by atoms with E-state index < -0.39 is 11.9 Å². The highest BCUT2D eigenvalue weighted by Gasteiger charge is 2.28. The number of hydrogen-bond donors (Lipinski definition) is 1. The van der Waals surface area contributed by atoms with Crippen molar-refractivity contribution in [3.8, 4) is 11.5 Å². The molecule has 0 spiro atoms. The minimum atomic E-state index is -0.587. The maximum absolute atomic E-state index is 12.9. The third-order valence-corrected chi connectivity index (χ3v) is 5.75. The average Bonchev–Trinajstić information content (AvgIpc) is 3.09. The zero-order valence-corrected chi connectivity index (χ0v) is 19.3. The van der Waals surface area contributed by atoms with Crippen molar-refractivity contribution in [2.24, 2.45) is 0 Å². The second-order valence-electron chi connectivity index (χ2n) is 6.45. The van der Waals surface area contributed by atoms with Crippen molar-refractivity contribution in [2.75, 3.05) is 38.7 Å². The Kier molecular flexibility index (Phi) is 8.87. The summed E-state index contributed by atoms with van der Waals surface area (Å²) in [5, 5.41) is 2.95. The second-order valence-corrected chi connectivity index (χ2v) is 7.47. The van der Waals surface area contributed by atoms with Crippen LogP contribution >= 0.6 is 11.3 Å². The molecule has 0 fully saturated rings. The van der Waals surface area contributed by atoms with Crippen LogP contribution in [0, 0.1) is 6.92 Å². The molecule has 0 radical (unpaired) electrons. The first-order valence-corrected chi connectivity index (χ1v) is 10.8. The van der Waals surface area contributed by atoms with Gasteiger partial charge in [-0.2, -0.15) is 0 Å². The number of ether oxygens (including phenoxy) is 3. The van der Waals surface area contributed by atoms with Crippen molar-refractivity contribution in [1.82, 2.24) is 4.90 Å². The van der Waals surface area contributed by atoms with Gasteiger partial charge in [-0.25, -0.2) is 4.79 Å². The van der Waals surface area contributed by atoms with Gasteiger partial charge in [-0.3, -0.25) is 9.59 Å². The van der Waals surface area contributed by atoms with E-state index in [1.807, 2.05) is 13.8 Å². The fraction of sp³-hybridized carbons (Fsp3) is 0.409. The first kappa shape index (κ1) is 24.2. The fourth-order valence-corrected chi connectivity index (χ4v) is 4.13. The molecule has 8 nitrogen and oxygen atoms in total. The Morgan fingerprint density at radius 3 is 2.29 bits per heavy atom. The van der Waals surface area contributed by atoms with Crippen LogP contribution in [0.2, 0.25) is 0 Å². The Morgan fingerprint density at radius 2 is 1.71 bits per heavy atom. The lowest BCUT2D eigenvalue weighted by atomic mass is 10.1. The van der Waals surface area contributed by atoms with Crippen LogP contribution < -0.4 is 14.8 Å². The summed E-state index contributed by atoms with van der Waals surface area (Å²) in [6.45, 7) is 8.10. The van der Waals surface area contributed by atoms with Crippen molar-refractivity contribution in [1.29, 1.82) is 0 Å². The zero-order valence-electron chi connectivity index (χ0n) is 18.4. The summed E-state index contributed by atoms with van der Waals surface area (Å²) in [6.07, 6.45) is 0. The van der Waals surface area contributed by atoms with E-state index in [-0.39, 0.29) is 29.7 Å². The van der Waals surface area contributed by atoms with Crippen LogP contribution in [0.1, 0.15) is 46.4 Å². The lowest BCUT2D eigenvalue weighted by Gasteiger charge is -2.18. The number of nitrogens with one attached hydrogen (secondary N) is 1. The molecule has 0 saturated carbocycles. The molecule has 0 saturated heterocycles. The Hall–Kier alpha value is -3.07. The van der Waals surface area contributed by atoms with Crippen molar-refractivity contribution < 1.29 is 28.6 Å². The number of amides is 2. The predicted molar refractivity (Wildman–Crippen MR) is 119 cm³/mol. The van der Waals surface area contributed by atoms with Gasteiger partial charge in [0.2, 0.25) is 0 Å². The van der Waals surface area contributed by atoms with Crippen LogP contribution in [-0.4, -0.2) is 56.1 Å². The number of benzene rings is 1. The normalized spacial score (nSPS) is 10.4. The molecule has 0 bridgehead atoms. The molecule has 0 aliphatic rings. The number of carbonyl (C=O) groups is 3. The predicted octanol–water partition coefficient (Wildman–Crippen LogP) is 3.74. The SMILES string of the molecule is CCOC(=O)c1c(NC(=O)COc2ccccc2OC)sc(C(=O)N(CC)CC)c1C. The van der Waals surface area contributed by atoms with Crippen LogP contribution in [0.15, 0.2) is 24.3 Å². The summed E-state index contributed by atoms with van der Waals surface area (Å²) in [5.41, 5.74) is 0.675. The molecule has 168 valence electrons. The van der Waals surface area contributed by atoms with Gasteiger partial charge in [0.05, 0.1) is 24.2 Å². The van der Waals surface area contributed by atoms with Crippen molar-refractivity contribution in [3.63, 3.8) is 0 Å². The summed E-state index contributed by atoms with van der Waals surface area (Å²) in [5.74, 6) is -0.328. The molecule has 1 aromatic heterocycles.